The molecular weight excluding hydrogens is 352 g/mol. The molecule has 0 aromatic heterocycles. The quantitative estimate of drug-likeness (QED) is 0.554. The second-order valence-electron chi connectivity index (χ2n) is 4.39. The van der Waals surface area contributed by atoms with Crippen LogP contribution in [0.15, 0.2) is 46.9 Å². The van der Waals surface area contributed by atoms with Crippen molar-refractivity contribution in [3.8, 4) is 0 Å². The first kappa shape index (κ1) is 15.7. The topological polar surface area (TPSA) is 17.1 Å². The Morgan fingerprint density at radius 3 is 2.38 bits per heavy atom. The van der Waals surface area contributed by atoms with Gasteiger partial charge >= 0.3 is 6.18 Å². The minimum atomic E-state index is -4.82. The van der Waals surface area contributed by atoms with Gasteiger partial charge in [0.25, 0.3) is 0 Å². The molecule has 0 bridgehead atoms. The number of halogens is 5. The molecule has 0 aliphatic heterocycles. The Hall–Kier alpha value is -1.69. The predicted molar refractivity (Wildman–Crippen MR) is 73.6 cm³/mol. The van der Waals surface area contributed by atoms with Gasteiger partial charge in [0.15, 0.2) is 5.78 Å². The van der Waals surface area contributed by atoms with E-state index in [2.05, 4.69) is 15.9 Å². The highest BCUT2D eigenvalue weighted by Crippen LogP contribution is 2.32. The predicted octanol–water partition coefficient (Wildman–Crippen LogP) is 5.03. The van der Waals surface area contributed by atoms with Crippen molar-refractivity contribution in [2.45, 2.75) is 12.6 Å². The zero-order valence-electron chi connectivity index (χ0n) is 10.5. The summed E-state index contributed by atoms with van der Waals surface area (Å²) in [5, 5.41) is 0. The van der Waals surface area contributed by atoms with E-state index >= 15 is 0 Å². The van der Waals surface area contributed by atoms with Gasteiger partial charge in [-0.3, -0.25) is 4.79 Å². The van der Waals surface area contributed by atoms with E-state index in [1.807, 2.05) is 0 Å². The van der Waals surface area contributed by atoms with Gasteiger partial charge in [-0.25, -0.2) is 4.39 Å². The molecular formula is C15H9BrF4O. The third-order valence-corrected chi connectivity index (χ3v) is 3.35. The van der Waals surface area contributed by atoms with Crippen LogP contribution < -0.4 is 0 Å². The molecule has 2 aromatic rings. The molecule has 110 valence electrons. The molecule has 6 heteroatoms. The van der Waals surface area contributed by atoms with Crippen LogP contribution in [-0.4, -0.2) is 5.78 Å². The van der Waals surface area contributed by atoms with Crippen LogP contribution in [0.25, 0.3) is 0 Å². The number of benzene rings is 2. The summed E-state index contributed by atoms with van der Waals surface area (Å²) in [6.45, 7) is 0. The fraction of sp³-hybridized carbons (Fsp3) is 0.133. The lowest BCUT2D eigenvalue weighted by Crippen LogP contribution is -2.13. The summed E-state index contributed by atoms with van der Waals surface area (Å²) >= 11 is 3.23. The second kappa shape index (κ2) is 5.97. The second-order valence-corrected chi connectivity index (χ2v) is 5.31. The molecule has 0 saturated carbocycles. The number of hydrogen-bond acceptors (Lipinski definition) is 1. The highest BCUT2D eigenvalue weighted by molar-refractivity contribution is 9.10. The van der Waals surface area contributed by atoms with Crippen LogP contribution in [0, 0.1) is 5.82 Å². The fourth-order valence-electron chi connectivity index (χ4n) is 1.89. The highest BCUT2D eigenvalue weighted by atomic mass is 79.9. The van der Waals surface area contributed by atoms with Gasteiger partial charge in [-0.1, -0.05) is 34.1 Å². The van der Waals surface area contributed by atoms with E-state index in [1.165, 1.54) is 0 Å². The van der Waals surface area contributed by atoms with Crippen molar-refractivity contribution in [2.75, 3.05) is 0 Å². The Labute approximate surface area is 126 Å². The standard InChI is InChI=1S/C15H9BrF4O/c16-10-4-1-3-9(7-10)8-13(21)11-5-2-6-12(14(11)17)15(18,19)20/h1-7H,8H2. The Kier molecular flexibility index (Phi) is 4.46. The third kappa shape index (κ3) is 3.69. The molecule has 0 aliphatic rings. The summed E-state index contributed by atoms with van der Waals surface area (Å²) in [5.74, 6) is -2.22. The van der Waals surface area contributed by atoms with Crippen LogP contribution >= 0.6 is 15.9 Å². The number of carbonyl (C=O) groups is 1. The maximum Gasteiger partial charge on any atom is 0.419 e. The summed E-state index contributed by atoms with van der Waals surface area (Å²) in [7, 11) is 0. The monoisotopic (exact) mass is 360 g/mol. The highest BCUT2D eigenvalue weighted by Gasteiger charge is 2.35. The van der Waals surface area contributed by atoms with Gasteiger partial charge in [0, 0.05) is 10.9 Å². The molecule has 0 aliphatic carbocycles. The van der Waals surface area contributed by atoms with Gasteiger partial charge in [-0.2, -0.15) is 13.2 Å². The Balaban J connectivity index is 2.32. The Bertz CT molecular complexity index is 680. The lowest BCUT2D eigenvalue weighted by atomic mass is 10.0. The molecule has 0 N–H and O–H groups in total. The first-order valence-corrected chi connectivity index (χ1v) is 6.71. The van der Waals surface area contributed by atoms with Crippen molar-refractivity contribution in [3.63, 3.8) is 0 Å². The molecule has 2 rings (SSSR count). The van der Waals surface area contributed by atoms with E-state index in [1.54, 1.807) is 24.3 Å². The molecule has 0 atom stereocenters. The van der Waals surface area contributed by atoms with Gasteiger partial charge in [-0.15, -0.1) is 0 Å². The van der Waals surface area contributed by atoms with E-state index < -0.39 is 28.9 Å². The zero-order chi connectivity index (χ0) is 15.6. The lowest BCUT2D eigenvalue weighted by molar-refractivity contribution is -0.140. The maximum absolute atomic E-state index is 13.9. The summed E-state index contributed by atoms with van der Waals surface area (Å²) in [5.41, 5.74) is -1.39. The van der Waals surface area contributed by atoms with Crippen LogP contribution in [0.1, 0.15) is 21.5 Å². The molecule has 0 unspecified atom stereocenters. The molecule has 21 heavy (non-hydrogen) atoms. The van der Waals surface area contributed by atoms with Gasteiger partial charge in [0.2, 0.25) is 0 Å². The van der Waals surface area contributed by atoms with Crippen LogP contribution in [-0.2, 0) is 12.6 Å². The van der Waals surface area contributed by atoms with Gasteiger partial charge in [0.05, 0.1) is 11.1 Å². The average molecular weight is 361 g/mol. The molecule has 0 heterocycles. The number of alkyl halides is 3. The maximum atomic E-state index is 13.9. The van der Waals surface area contributed by atoms with Crippen LogP contribution in [0.2, 0.25) is 0 Å². The molecule has 1 nitrogen and oxygen atoms in total. The van der Waals surface area contributed by atoms with Gasteiger partial charge in [-0.05, 0) is 29.8 Å². The van der Waals surface area contributed by atoms with E-state index in [9.17, 15) is 22.4 Å². The molecule has 0 saturated heterocycles. The largest absolute Gasteiger partial charge is 0.419 e. The van der Waals surface area contributed by atoms with Crippen LogP contribution in [0.3, 0.4) is 0 Å². The smallest absolute Gasteiger partial charge is 0.294 e. The van der Waals surface area contributed by atoms with Crippen molar-refractivity contribution in [3.05, 3.63) is 69.4 Å². The molecule has 0 spiro atoms. The SMILES string of the molecule is O=C(Cc1cccc(Br)c1)c1cccc(C(F)(F)F)c1F. The van der Waals surface area contributed by atoms with Gasteiger partial charge in [0.1, 0.15) is 5.82 Å². The number of ketones is 1. The van der Waals surface area contributed by atoms with E-state index in [-0.39, 0.29) is 6.42 Å². The Morgan fingerprint density at radius 2 is 1.76 bits per heavy atom. The summed E-state index contributed by atoms with van der Waals surface area (Å²) in [6, 6.07) is 9.45. The number of rotatable bonds is 3. The summed E-state index contributed by atoms with van der Waals surface area (Å²) < 4.78 is 52.4. The van der Waals surface area contributed by atoms with Crippen LogP contribution in [0.5, 0.6) is 0 Å². The van der Waals surface area contributed by atoms with Gasteiger partial charge < -0.3 is 0 Å². The number of hydrogen-bond donors (Lipinski definition) is 0. The first-order valence-electron chi connectivity index (χ1n) is 5.92. The lowest BCUT2D eigenvalue weighted by Gasteiger charge is -2.10. The zero-order valence-corrected chi connectivity index (χ0v) is 12.1. The summed E-state index contributed by atoms with van der Waals surface area (Å²) in [4.78, 5) is 12.0. The Morgan fingerprint density at radius 1 is 1.10 bits per heavy atom. The van der Waals surface area contributed by atoms with Crippen molar-refractivity contribution in [1.29, 1.82) is 0 Å². The van der Waals surface area contributed by atoms with Crippen molar-refractivity contribution in [1.82, 2.24) is 0 Å². The number of Topliss-reactive ketones (excluding diaryl/α,β-unsaturated/α-hetero) is 1. The van der Waals surface area contributed by atoms with Crippen LogP contribution in [0.4, 0.5) is 17.6 Å². The minimum Gasteiger partial charge on any atom is -0.294 e. The number of carbonyl (C=O) groups excluding carboxylic acids is 1. The summed E-state index contributed by atoms with van der Waals surface area (Å²) in [6.07, 6.45) is -4.99. The molecule has 0 radical (unpaired) electrons. The third-order valence-electron chi connectivity index (χ3n) is 2.86. The van der Waals surface area contributed by atoms with E-state index in [0.717, 1.165) is 16.6 Å². The molecule has 0 amide bonds. The van der Waals surface area contributed by atoms with E-state index in [0.29, 0.717) is 11.6 Å². The molecule has 0 fully saturated rings. The first-order chi connectivity index (χ1) is 9.79. The van der Waals surface area contributed by atoms with Crippen molar-refractivity contribution < 1.29 is 22.4 Å². The van der Waals surface area contributed by atoms with E-state index in [4.69, 9.17) is 0 Å². The van der Waals surface area contributed by atoms with Crippen molar-refractivity contribution in [2.24, 2.45) is 0 Å². The normalized spacial score (nSPS) is 11.5. The fourth-order valence-corrected chi connectivity index (χ4v) is 2.34. The average Bonchev–Trinajstić information content (AvgIpc) is 2.37. The van der Waals surface area contributed by atoms with Crippen molar-refractivity contribution >= 4 is 21.7 Å². The molecule has 2 aromatic carbocycles. The minimum absolute atomic E-state index is 0.169.